The molecule has 3 aromatic rings. The van der Waals surface area contributed by atoms with Gasteiger partial charge in [0.2, 0.25) is 5.71 Å². The maximum absolute atomic E-state index is 12.1. The van der Waals surface area contributed by atoms with Crippen LogP contribution >= 0.6 is 0 Å². The molecule has 0 radical (unpaired) electrons. The van der Waals surface area contributed by atoms with Crippen molar-refractivity contribution >= 4 is 28.9 Å². The lowest BCUT2D eigenvalue weighted by Gasteiger charge is -2.06. The lowest BCUT2D eigenvalue weighted by Crippen LogP contribution is -2.11. The molecule has 29 heavy (non-hydrogen) atoms. The van der Waals surface area contributed by atoms with Crippen molar-refractivity contribution in [1.82, 2.24) is 9.97 Å². The highest BCUT2D eigenvalue weighted by molar-refractivity contribution is 6.07. The highest BCUT2D eigenvalue weighted by Crippen LogP contribution is 2.29. The number of anilines is 1. The average molecular weight is 399 g/mol. The molecule has 2 heterocycles. The monoisotopic (exact) mass is 399 g/mol. The number of aryl methyl sites for hydroxylation is 1. The summed E-state index contributed by atoms with van der Waals surface area (Å²) in [6, 6.07) is 7.09. The van der Waals surface area contributed by atoms with Gasteiger partial charge >= 0.3 is 11.9 Å². The first-order valence-electron chi connectivity index (χ1n) is 8.94. The lowest BCUT2D eigenvalue weighted by atomic mass is 10.1. The van der Waals surface area contributed by atoms with E-state index in [-0.39, 0.29) is 47.9 Å². The Morgan fingerprint density at radius 1 is 1.14 bits per heavy atom. The molecule has 9 nitrogen and oxygen atoms in total. The predicted octanol–water partition coefficient (Wildman–Crippen LogP) is 2.58. The minimum Gasteiger partial charge on any atom is -0.497 e. The zero-order valence-corrected chi connectivity index (χ0v) is 16.4. The number of nitrogen functional groups attached to an aromatic ring is 1. The van der Waals surface area contributed by atoms with Crippen LogP contribution in [0.15, 0.2) is 28.7 Å². The number of methoxy groups -OCH3 is 1. The molecule has 3 rings (SSSR count). The summed E-state index contributed by atoms with van der Waals surface area (Å²) < 4.78 is 20.9. The standard InChI is InChI=1S/C20H21N3O6/c1-4-27-20(25)16-11(2)29-19-17(16)18(21)22-14(23-19)10-28-15(24)9-12-5-7-13(26-3)8-6-12/h5-8H,4,9-10H2,1-3H3,(H2,21,22,23). The topological polar surface area (TPSA) is 127 Å². The molecule has 2 aromatic heterocycles. The zero-order valence-electron chi connectivity index (χ0n) is 16.4. The van der Waals surface area contributed by atoms with Crippen LogP contribution < -0.4 is 10.5 Å². The Kier molecular flexibility index (Phi) is 5.96. The smallest absolute Gasteiger partial charge is 0.342 e. The zero-order chi connectivity index (χ0) is 21.0. The minimum absolute atomic E-state index is 0.0520. The number of carbonyl (C=O) groups excluding carboxylic acids is 2. The predicted molar refractivity (Wildman–Crippen MR) is 103 cm³/mol. The van der Waals surface area contributed by atoms with Gasteiger partial charge in [-0.1, -0.05) is 12.1 Å². The Hall–Kier alpha value is -3.62. The number of benzene rings is 1. The second-order valence-corrected chi connectivity index (χ2v) is 6.14. The molecule has 0 fully saturated rings. The largest absolute Gasteiger partial charge is 0.497 e. The van der Waals surface area contributed by atoms with Crippen LogP contribution in [0.25, 0.3) is 11.1 Å². The second kappa shape index (κ2) is 8.59. The molecule has 0 aliphatic carbocycles. The van der Waals surface area contributed by atoms with Gasteiger partial charge in [0, 0.05) is 0 Å². The summed E-state index contributed by atoms with van der Waals surface area (Å²) in [6.07, 6.45) is 0.0919. The number of aromatic nitrogens is 2. The van der Waals surface area contributed by atoms with E-state index in [0.717, 1.165) is 5.56 Å². The summed E-state index contributed by atoms with van der Waals surface area (Å²) >= 11 is 0. The summed E-state index contributed by atoms with van der Waals surface area (Å²) in [7, 11) is 1.57. The third-order valence-corrected chi connectivity index (χ3v) is 4.15. The van der Waals surface area contributed by atoms with E-state index in [1.54, 1.807) is 45.2 Å². The molecule has 0 bridgehead atoms. The van der Waals surface area contributed by atoms with Crippen molar-refractivity contribution in [3.63, 3.8) is 0 Å². The highest BCUT2D eigenvalue weighted by atomic mass is 16.5. The number of nitrogens with two attached hydrogens (primary N) is 1. The Balaban J connectivity index is 1.72. The fourth-order valence-electron chi connectivity index (χ4n) is 2.80. The van der Waals surface area contributed by atoms with Crippen LogP contribution in [0.2, 0.25) is 0 Å². The molecular formula is C20H21N3O6. The normalized spacial score (nSPS) is 10.7. The fourth-order valence-corrected chi connectivity index (χ4v) is 2.80. The van der Waals surface area contributed by atoms with Gasteiger partial charge in [0.25, 0.3) is 0 Å². The van der Waals surface area contributed by atoms with Crippen molar-refractivity contribution in [3.05, 3.63) is 47.0 Å². The average Bonchev–Trinajstić information content (AvgIpc) is 3.03. The van der Waals surface area contributed by atoms with Crippen LogP contribution in [0.5, 0.6) is 5.75 Å². The molecule has 2 N–H and O–H groups in total. The van der Waals surface area contributed by atoms with Gasteiger partial charge in [0.05, 0.1) is 25.5 Å². The van der Waals surface area contributed by atoms with Crippen molar-refractivity contribution in [2.45, 2.75) is 26.9 Å². The number of furan rings is 1. The second-order valence-electron chi connectivity index (χ2n) is 6.14. The first kappa shape index (κ1) is 20.1. The number of rotatable bonds is 7. The third kappa shape index (κ3) is 4.45. The molecule has 0 spiro atoms. The summed E-state index contributed by atoms with van der Waals surface area (Å²) in [5.74, 6) is 0.250. The SMILES string of the molecule is CCOC(=O)c1c(C)oc2nc(COC(=O)Cc3ccc(OC)cc3)nc(N)c12. The Morgan fingerprint density at radius 2 is 1.86 bits per heavy atom. The summed E-state index contributed by atoms with van der Waals surface area (Å²) in [5, 5.41) is 0.286. The molecule has 1 aromatic carbocycles. The van der Waals surface area contributed by atoms with E-state index < -0.39 is 11.9 Å². The summed E-state index contributed by atoms with van der Waals surface area (Å²) in [6.45, 7) is 3.35. The first-order chi connectivity index (χ1) is 13.9. The number of hydrogen-bond donors (Lipinski definition) is 1. The van der Waals surface area contributed by atoms with E-state index in [1.807, 2.05) is 0 Å². The van der Waals surface area contributed by atoms with Gasteiger partial charge in [0.15, 0.2) is 12.4 Å². The molecule has 9 heteroatoms. The molecule has 0 saturated carbocycles. The molecule has 0 atom stereocenters. The van der Waals surface area contributed by atoms with Gasteiger partial charge in [-0.15, -0.1) is 0 Å². The van der Waals surface area contributed by atoms with Crippen LogP contribution in [-0.4, -0.2) is 35.6 Å². The molecule has 0 aliphatic heterocycles. The maximum atomic E-state index is 12.1. The summed E-state index contributed by atoms with van der Waals surface area (Å²) in [5.41, 5.74) is 7.11. The maximum Gasteiger partial charge on any atom is 0.342 e. The number of esters is 2. The fraction of sp³-hybridized carbons (Fsp3) is 0.300. The van der Waals surface area contributed by atoms with Crippen molar-refractivity contribution in [2.24, 2.45) is 0 Å². The number of carbonyl (C=O) groups is 2. The molecule has 0 saturated heterocycles. The Bertz CT molecular complexity index is 1040. The molecule has 0 unspecified atom stereocenters. The van der Waals surface area contributed by atoms with E-state index in [1.165, 1.54) is 0 Å². The van der Waals surface area contributed by atoms with E-state index in [0.29, 0.717) is 11.5 Å². The van der Waals surface area contributed by atoms with Crippen LogP contribution in [0.4, 0.5) is 5.82 Å². The lowest BCUT2D eigenvalue weighted by molar-refractivity contribution is -0.144. The summed E-state index contributed by atoms with van der Waals surface area (Å²) in [4.78, 5) is 32.5. The van der Waals surface area contributed by atoms with Crippen LogP contribution in [0.3, 0.4) is 0 Å². The third-order valence-electron chi connectivity index (χ3n) is 4.15. The van der Waals surface area contributed by atoms with Crippen LogP contribution in [0.1, 0.15) is 34.4 Å². The van der Waals surface area contributed by atoms with Gasteiger partial charge in [-0.2, -0.15) is 4.98 Å². The van der Waals surface area contributed by atoms with E-state index in [4.69, 9.17) is 24.4 Å². The quantitative estimate of drug-likeness (QED) is 0.596. The molecule has 0 aliphatic rings. The van der Waals surface area contributed by atoms with Crippen LogP contribution in [-0.2, 0) is 27.3 Å². The Morgan fingerprint density at radius 3 is 2.52 bits per heavy atom. The van der Waals surface area contributed by atoms with Gasteiger partial charge in [-0.05, 0) is 31.5 Å². The molecular weight excluding hydrogens is 378 g/mol. The number of fused-ring (bicyclic) bond motifs is 1. The van der Waals surface area contributed by atoms with Crippen molar-refractivity contribution in [2.75, 3.05) is 19.5 Å². The van der Waals surface area contributed by atoms with E-state index in [2.05, 4.69) is 9.97 Å². The number of ether oxygens (including phenoxy) is 3. The first-order valence-corrected chi connectivity index (χ1v) is 8.94. The number of nitrogens with zero attached hydrogens (tertiary/aromatic N) is 2. The van der Waals surface area contributed by atoms with Gasteiger partial charge in [0.1, 0.15) is 22.9 Å². The van der Waals surface area contributed by atoms with E-state index in [9.17, 15) is 9.59 Å². The van der Waals surface area contributed by atoms with Crippen molar-refractivity contribution in [3.8, 4) is 5.75 Å². The van der Waals surface area contributed by atoms with Crippen molar-refractivity contribution in [1.29, 1.82) is 0 Å². The highest BCUT2D eigenvalue weighted by Gasteiger charge is 2.24. The minimum atomic E-state index is -0.558. The molecule has 152 valence electrons. The van der Waals surface area contributed by atoms with Gasteiger partial charge < -0.3 is 24.4 Å². The van der Waals surface area contributed by atoms with Crippen molar-refractivity contribution < 1.29 is 28.2 Å². The van der Waals surface area contributed by atoms with Gasteiger partial charge in [-0.3, -0.25) is 4.79 Å². The molecule has 0 amide bonds. The number of hydrogen-bond acceptors (Lipinski definition) is 9. The van der Waals surface area contributed by atoms with Crippen LogP contribution in [0, 0.1) is 6.92 Å². The van der Waals surface area contributed by atoms with E-state index >= 15 is 0 Å². The Labute approximate surface area is 166 Å². The van der Waals surface area contributed by atoms with Gasteiger partial charge in [-0.25, -0.2) is 9.78 Å².